The van der Waals surface area contributed by atoms with E-state index in [2.05, 4.69) is 18.9 Å². The van der Waals surface area contributed by atoms with Crippen molar-refractivity contribution >= 4 is 11.6 Å². The highest BCUT2D eigenvalue weighted by Crippen LogP contribution is 2.30. The third kappa shape index (κ3) is 3.08. The van der Waals surface area contributed by atoms with Gasteiger partial charge in [-0.15, -0.1) is 0 Å². The van der Waals surface area contributed by atoms with Crippen LogP contribution in [0, 0.1) is 19.8 Å². The summed E-state index contributed by atoms with van der Waals surface area (Å²) in [5.74, 6) is 0.837. The molecule has 0 aliphatic heterocycles. The fourth-order valence-corrected chi connectivity index (χ4v) is 2.26. The van der Waals surface area contributed by atoms with Gasteiger partial charge in [0.2, 0.25) is 5.91 Å². The molecule has 1 heterocycles. The minimum atomic E-state index is 0.132. The second-order valence-corrected chi connectivity index (χ2v) is 5.83. The number of carbonyl (C=O) groups excluding carboxylic acids is 1. The first-order valence-electron chi connectivity index (χ1n) is 6.99. The predicted octanol–water partition coefficient (Wildman–Crippen LogP) is 1.73. The Labute approximate surface area is 114 Å². The van der Waals surface area contributed by atoms with E-state index in [9.17, 15) is 4.79 Å². The first-order chi connectivity index (χ1) is 8.90. The number of nitrogens with zero attached hydrogens (tertiary/aromatic N) is 3. The Morgan fingerprint density at radius 2 is 2.11 bits per heavy atom. The van der Waals surface area contributed by atoms with Crippen LogP contribution in [0.1, 0.15) is 38.1 Å². The van der Waals surface area contributed by atoms with Crippen molar-refractivity contribution in [2.75, 3.05) is 12.3 Å². The zero-order chi connectivity index (χ0) is 14.2. The lowest BCUT2D eigenvalue weighted by Gasteiger charge is -2.27. The van der Waals surface area contributed by atoms with Gasteiger partial charge in [-0.25, -0.2) is 0 Å². The topological polar surface area (TPSA) is 64.2 Å². The fourth-order valence-electron chi connectivity index (χ4n) is 2.26. The SMILES string of the molecule is Cc1nn(CC(=O)N(CC2CC2)C(C)C)c(C)c1N. The molecule has 1 aromatic heterocycles. The molecule has 1 fully saturated rings. The Morgan fingerprint density at radius 1 is 1.47 bits per heavy atom. The second kappa shape index (κ2) is 5.23. The number of amides is 1. The monoisotopic (exact) mass is 264 g/mol. The second-order valence-electron chi connectivity index (χ2n) is 5.83. The molecule has 1 aliphatic carbocycles. The Hall–Kier alpha value is -1.52. The molecule has 0 saturated heterocycles. The first-order valence-corrected chi connectivity index (χ1v) is 6.99. The molecule has 1 saturated carbocycles. The molecule has 2 N–H and O–H groups in total. The number of hydrogen-bond acceptors (Lipinski definition) is 3. The molecule has 0 spiro atoms. The van der Waals surface area contributed by atoms with Crippen molar-refractivity contribution in [2.24, 2.45) is 5.92 Å². The van der Waals surface area contributed by atoms with Crippen molar-refractivity contribution in [3.63, 3.8) is 0 Å². The maximum atomic E-state index is 12.4. The lowest BCUT2D eigenvalue weighted by Crippen LogP contribution is -2.40. The van der Waals surface area contributed by atoms with Gasteiger partial charge in [0.15, 0.2) is 0 Å². The molecule has 1 aromatic rings. The number of hydrogen-bond donors (Lipinski definition) is 1. The summed E-state index contributed by atoms with van der Waals surface area (Å²) in [6.07, 6.45) is 2.51. The minimum Gasteiger partial charge on any atom is -0.396 e. The van der Waals surface area contributed by atoms with Gasteiger partial charge in [0.05, 0.1) is 17.1 Å². The average Bonchev–Trinajstić information content (AvgIpc) is 3.12. The highest BCUT2D eigenvalue weighted by molar-refractivity contribution is 5.76. The summed E-state index contributed by atoms with van der Waals surface area (Å²) in [5, 5.41) is 4.33. The smallest absolute Gasteiger partial charge is 0.244 e. The highest BCUT2D eigenvalue weighted by atomic mass is 16.2. The Bertz CT molecular complexity index is 474. The lowest BCUT2D eigenvalue weighted by molar-refractivity contribution is -0.134. The number of aryl methyl sites for hydroxylation is 1. The van der Waals surface area contributed by atoms with Gasteiger partial charge in [0.25, 0.3) is 0 Å². The van der Waals surface area contributed by atoms with Crippen molar-refractivity contribution in [3.8, 4) is 0 Å². The van der Waals surface area contributed by atoms with Gasteiger partial charge >= 0.3 is 0 Å². The van der Waals surface area contributed by atoms with E-state index in [0.717, 1.165) is 17.9 Å². The zero-order valence-electron chi connectivity index (χ0n) is 12.3. The average molecular weight is 264 g/mol. The van der Waals surface area contributed by atoms with E-state index in [1.54, 1.807) is 4.68 Å². The van der Waals surface area contributed by atoms with Crippen LogP contribution in [0.3, 0.4) is 0 Å². The van der Waals surface area contributed by atoms with Crippen LogP contribution in [0.15, 0.2) is 0 Å². The molecular weight excluding hydrogens is 240 g/mol. The summed E-state index contributed by atoms with van der Waals surface area (Å²) < 4.78 is 1.72. The van der Waals surface area contributed by atoms with Gasteiger partial charge in [0, 0.05) is 12.6 Å². The summed E-state index contributed by atoms with van der Waals surface area (Å²) >= 11 is 0. The normalized spacial score (nSPS) is 15.0. The van der Waals surface area contributed by atoms with E-state index in [-0.39, 0.29) is 18.5 Å². The number of anilines is 1. The van der Waals surface area contributed by atoms with Gasteiger partial charge in [-0.3, -0.25) is 9.48 Å². The summed E-state index contributed by atoms with van der Waals surface area (Å²) in [4.78, 5) is 14.4. The van der Waals surface area contributed by atoms with E-state index in [0.29, 0.717) is 11.6 Å². The number of aromatic nitrogens is 2. The molecule has 106 valence electrons. The Kier molecular flexibility index (Phi) is 3.83. The van der Waals surface area contributed by atoms with Crippen LogP contribution in [0.2, 0.25) is 0 Å². The van der Waals surface area contributed by atoms with Crippen LogP contribution in [0.4, 0.5) is 5.69 Å². The molecule has 0 aromatic carbocycles. The molecule has 1 amide bonds. The third-order valence-corrected chi connectivity index (χ3v) is 3.82. The van der Waals surface area contributed by atoms with E-state index < -0.39 is 0 Å². The Balaban J connectivity index is 2.07. The third-order valence-electron chi connectivity index (χ3n) is 3.82. The predicted molar refractivity (Wildman–Crippen MR) is 75.7 cm³/mol. The number of nitrogens with two attached hydrogens (primary N) is 1. The highest BCUT2D eigenvalue weighted by Gasteiger charge is 2.28. The first kappa shape index (κ1) is 13.9. The Morgan fingerprint density at radius 3 is 2.53 bits per heavy atom. The van der Waals surface area contributed by atoms with Crippen LogP contribution < -0.4 is 5.73 Å². The zero-order valence-corrected chi connectivity index (χ0v) is 12.3. The summed E-state index contributed by atoms with van der Waals surface area (Å²) in [6, 6.07) is 0.238. The molecule has 1 aliphatic rings. The number of carbonyl (C=O) groups is 1. The van der Waals surface area contributed by atoms with Crippen LogP contribution in [0.25, 0.3) is 0 Å². The summed E-state index contributed by atoms with van der Waals surface area (Å²) in [7, 11) is 0. The van der Waals surface area contributed by atoms with Crippen LogP contribution >= 0.6 is 0 Å². The standard InChI is InChI=1S/C14H24N4O/c1-9(2)17(7-12-5-6-12)13(19)8-18-11(4)14(15)10(3)16-18/h9,12H,5-8,15H2,1-4H3. The van der Waals surface area contributed by atoms with Gasteiger partial charge < -0.3 is 10.6 Å². The lowest BCUT2D eigenvalue weighted by atomic mass is 10.2. The van der Waals surface area contributed by atoms with E-state index in [1.807, 2.05) is 18.7 Å². The largest absolute Gasteiger partial charge is 0.396 e. The molecule has 5 nitrogen and oxygen atoms in total. The van der Waals surface area contributed by atoms with Crippen molar-refractivity contribution < 1.29 is 4.79 Å². The maximum absolute atomic E-state index is 12.4. The van der Waals surface area contributed by atoms with Crippen molar-refractivity contribution in [2.45, 2.75) is 53.1 Å². The van der Waals surface area contributed by atoms with Gasteiger partial charge in [-0.05, 0) is 46.5 Å². The summed E-state index contributed by atoms with van der Waals surface area (Å²) in [5.41, 5.74) is 8.25. The van der Waals surface area contributed by atoms with Crippen LogP contribution in [-0.4, -0.2) is 33.2 Å². The molecule has 0 atom stereocenters. The molecule has 0 radical (unpaired) electrons. The van der Waals surface area contributed by atoms with Crippen molar-refractivity contribution in [1.29, 1.82) is 0 Å². The van der Waals surface area contributed by atoms with Crippen LogP contribution in [-0.2, 0) is 11.3 Å². The number of nitrogen functional groups attached to an aromatic ring is 1. The van der Waals surface area contributed by atoms with Crippen molar-refractivity contribution in [3.05, 3.63) is 11.4 Å². The molecule has 0 unspecified atom stereocenters. The van der Waals surface area contributed by atoms with Gasteiger partial charge in [0.1, 0.15) is 6.54 Å². The maximum Gasteiger partial charge on any atom is 0.244 e. The molecule has 2 rings (SSSR count). The fraction of sp³-hybridized carbons (Fsp3) is 0.714. The molecule has 5 heteroatoms. The van der Waals surface area contributed by atoms with Crippen LogP contribution in [0.5, 0.6) is 0 Å². The molecule has 19 heavy (non-hydrogen) atoms. The van der Waals surface area contributed by atoms with Gasteiger partial charge in [-0.1, -0.05) is 0 Å². The molecule has 0 bridgehead atoms. The summed E-state index contributed by atoms with van der Waals surface area (Å²) in [6.45, 7) is 9.07. The quantitative estimate of drug-likeness (QED) is 0.881. The van der Waals surface area contributed by atoms with E-state index >= 15 is 0 Å². The minimum absolute atomic E-state index is 0.132. The number of rotatable bonds is 5. The molecular formula is C14H24N4O. The van der Waals surface area contributed by atoms with E-state index in [1.165, 1.54) is 12.8 Å². The van der Waals surface area contributed by atoms with Gasteiger partial charge in [-0.2, -0.15) is 5.10 Å². The van der Waals surface area contributed by atoms with E-state index in [4.69, 9.17) is 5.73 Å². The van der Waals surface area contributed by atoms with Crippen molar-refractivity contribution in [1.82, 2.24) is 14.7 Å².